The highest BCUT2D eigenvalue weighted by Gasteiger charge is 2.17. The minimum atomic E-state index is 0.546. The van der Waals surface area contributed by atoms with Crippen molar-refractivity contribution >= 4 is 23.4 Å². The molecule has 0 saturated heterocycles. The summed E-state index contributed by atoms with van der Waals surface area (Å²) in [6.07, 6.45) is 1.63. The van der Waals surface area contributed by atoms with E-state index in [0.717, 1.165) is 22.3 Å². The second kappa shape index (κ2) is 8.33. The van der Waals surface area contributed by atoms with Crippen molar-refractivity contribution in [1.29, 1.82) is 0 Å². The Morgan fingerprint density at radius 2 is 1.78 bits per heavy atom. The quantitative estimate of drug-likeness (QED) is 0.310. The summed E-state index contributed by atoms with van der Waals surface area (Å²) >= 11 is 7.47. The van der Waals surface area contributed by atoms with Crippen molar-refractivity contribution in [3.8, 4) is 23.0 Å². The Morgan fingerprint density at radius 3 is 2.52 bits per heavy atom. The number of rotatable bonds is 7. The molecule has 0 spiro atoms. The maximum absolute atomic E-state index is 5.89. The maximum atomic E-state index is 5.89. The molecule has 0 aliphatic heterocycles. The van der Waals surface area contributed by atoms with Crippen LogP contribution >= 0.6 is 23.4 Å². The summed E-state index contributed by atoms with van der Waals surface area (Å²) < 4.78 is 13.3. The molecule has 2 aromatic heterocycles. The van der Waals surface area contributed by atoms with E-state index in [1.807, 2.05) is 71.3 Å². The highest BCUT2D eigenvalue weighted by atomic mass is 35.5. The summed E-state index contributed by atoms with van der Waals surface area (Å²) in [5.41, 5.74) is 0.981. The zero-order chi connectivity index (χ0) is 18.5. The zero-order valence-electron chi connectivity index (χ0n) is 14.3. The number of thioether (sulfide) groups is 1. The lowest BCUT2D eigenvalue weighted by Gasteiger charge is -2.09. The van der Waals surface area contributed by atoms with Crippen molar-refractivity contribution in [2.75, 3.05) is 12.4 Å². The van der Waals surface area contributed by atoms with Gasteiger partial charge >= 0.3 is 0 Å². The van der Waals surface area contributed by atoms with Crippen LogP contribution in [0.25, 0.3) is 17.3 Å². The fraction of sp³-hybridized carbons (Fsp3) is 0.100. The van der Waals surface area contributed by atoms with Gasteiger partial charge in [0.1, 0.15) is 5.75 Å². The minimum Gasteiger partial charge on any atom is -0.493 e. The second-order valence-corrected chi connectivity index (χ2v) is 7.10. The topological polar surface area (TPSA) is 53.1 Å². The van der Waals surface area contributed by atoms with Crippen molar-refractivity contribution < 1.29 is 9.15 Å². The van der Waals surface area contributed by atoms with Crippen molar-refractivity contribution in [2.45, 2.75) is 5.16 Å². The van der Waals surface area contributed by atoms with Crippen LogP contribution in [0.5, 0.6) is 5.75 Å². The van der Waals surface area contributed by atoms with Crippen LogP contribution in [-0.2, 0) is 0 Å². The third-order valence-corrected chi connectivity index (χ3v) is 4.93. The molecule has 0 unspecified atom stereocenters. The van der Waals surface area contributed by atoms with Gasteiger partial charge in [-0.25, -0.2) is 0 Å². The van der Waals surface area contributed by atoms with Gasteiger partial charge in [0.15, 0.2) is 10.9 Å². The first-order valence-corrected chi connectivity index (χ1v) is 9.73. The average molecular weight is 398 g/mol. The Morgan fingerprint density at radius 1 is 0.963 bits per heavy atom. The van der Waals surface area contributed by atoms with Crippen LogP contribution in [0, 0.1) is 0 Å². The molecule has 136 valence electrons. The largest absolute Gasteiger partial charge is 0.493 e. The van der Waals surface area contributed by atoms with Gasteiger partial charge in [0, 0.05) is 16.5 Å². The number of para-hydroxylation sites is 1. The Kier molecular flexibility index (Phi) is 5.46. The van der Waals surface area contributed by atoms with Gasteiger partial charge < -0.3 is 9.15 Å². The van der Waals surface area contributed by atoms with E-state index in [-0.39, 0.29) is 0 Å². The Bertz CT molecular complexity index is 986. The number of ether oxygens (including phenoxy) is 1. The van der Waals surface area contributed by atoms with E-state index in [2.05, 4.69) is 10.2 Å². The third kappa shape index (κ3) is 4.18. The van der Waals surface area contributed by atoms with Crippen LogP contribution in [0.2, 0.25) is 5.02 Å². The van der Waals surface area contributed by atoms with E-state index in [1.165, 1.54) is 0 Å². The molecule has 0 saturated carbocycles. The summed E-state index contributed by atoms with van der Waals surface area (Å²) in [6, 6.07) is 21.0. The summed E-state index contributed by atoms with van der Waals surface area (Å²) in [6.45, 7) is 0.546. The van der Waals surface area contributed by atoms with Gasteiger partial charge in [-0.15, -0.1) is 10.2 Å². The molecule has 0 N–H and O–H groups in total. The van der Waals surface area contributed by atoms with Crippen molar-refractivity contribution in [3.63, 3.8) is 0 Å². The molecule has 7 heteroatoms. The van der Waals surface area contributed by atoms with Crippen molar-refractivity contribution in [3.05, 3.63) is 78.0 Å². The van der Waals surface area contributed by atoms with E-state index < -0.39 is 0 Å². The normalized spacial score (nSPS) is 10.9. The van der Waals surface area contributed by atoms with Gasteiger partial charge in [-0.2, -0.15) is 0 Å². The molecule has 0 aliphatic carbocycles. The van der Waals surface area contributed by atoms with E-state index in [9.17, 15) is 0 Å². The predicted molar refractivity (Wildman–Crippen MR) is 107 cm³/mol. The van der Waals surface area contributed by atoms with Crippen LogP contribution in [0.3, 0.4) is 0 Å². The smallest absolute Gasteiger partial charge is 0.205 e. The molecule has 4 rings (SSSR count). The molecular formula is C20H16ClN3O2S. The van der Waals surface area contributed by atoms with Crippen LogP contribution in [0.4, 0.5) is 0 Å². The predicted octanol–water partition coefficient (Wildman–Crippen LogP) is 5.35. The lowest BCUT2D eigenvalue weighted by atomic mass is 10.3. The highest BCUT2D eigenvalue weighted by molar-refractivity contribution is 7.99. The molecule has 4 aromatic rings. The van der Waals surface area contributed by atoms with E-state index >= 15 is 0 Å². The Hall–Kier alpha value is -2.70. The van der Waals surface area contributed by atoms with E-state index in [0.29, 0.717) is 23.2 Å². The van der Waals surface area contributed by atoms with Gasteiger partial charge in [0.2, 0.25) is 5.82 Å². The Balaban J connectivity index is 1.50. The van der Waals surface area contributed by atoms with E-state index in [4.69, 9.17) is 20.8 Å². The SMILES string of the molecule is Clc1ccc(OCCSc2nnc(-c3ccco3)n2-c2ccccc2)cc1. The molecule has 27 heavy (non-hydrogen) atoms. The minimum absolute atomic E-state index is 0.546. The number of hydrogen-bond acceptors (Lipinski definition) is 5. The molecule has 0 radical (unpaired) electrons. The third-order valence-electron chi connectivity index (χ3n) is 3.79. The second-order valence-electron chi connectivity index (χ2n) is 5.61. The first-order valence-electron chi connectivity index (χ1n) is 8.37. The summed E-state index contributed by atoms with van der Waals surface area (Å²) in [5, 5.41) is 10.1. The van der Waals surface area contributed by atoms with Crippen LogP contribution in [0.15, 0.2) is 82.6 Å². The summed E-state index contributed by atoms with van der Waals surface area (Å²) in [5.74, 6) is 2.87. The van der Waals surface area contributed by atoms with Crippen molar-refractivity contribution in [2.24, 2.45) is 0 Å². The van der Waals surface area contributed by atoms with E-state index in [1.54, 1.807) is 18.0 Å². The molecule has 0 bridgehead atoms. The number of benzene rings is 2. The van der Waals surface area contributed by atoms with Crippen LogP contribution in [0.1, 0.15) is 0 Å². The average Bonchev–Trinajstić information content (AvgIpc) is 3.37. The van der Waals surface area contributed by atoms with Gasteiger partial charge in [0.25, 0.3) is 0 Å². The lowest BCUT2D eigenvalue weighted by molar-refractivity contribution is 0.344. The lowest BCUT2D eigenvalue weighted by Crippen LogP contribution is -2.03. The number of hydrogen-bond donors (Lipinski definition) is 0. The molecule has 0 fully saturated rings. The molecule has 0 amide bonds. The first kappa shape index (κ1) is 17.7. The fourth-order valence-electron chi connectivity index (χ4n) is 2.56. The molecular weight excluding hydrogens is 382 g/mol. The van der Waals surface area contributed by atoms with Crippen molar-refractivity contribution in [1.82, 2.24) is 14.8 Å². The summed E-state index contributed by atoms with van der Waals surface area (Å²) in [4.78, 5) is 0. The standard InChI is InChI=1S/C20H16ClN3O2S/c21-15-8-10-17(11-9-15)25-13-14-27-20-23-22-19(18-7-4-12-26-18)24(20)16-5-2-1-3-6-16/h1-12H,13-14H2. The number of furan rings is 1. The fourth-order valence-corrected chi connectivity index (χ4v) is 3.46. The number of halogens is 1. The van der Waals surface area contributed by atoms with Crippen LogP contribution < -0.4 is 4.74 Å². The van der Waals surface area contributed by atoms with Gasteiger partial charge in [-0.05, 0) is 48.5 Å². The number of nitrogens with zero attached hydrogens (tertiary/aromatic N) is 3. The number of aromatic nitrogens is 3. The maximum Gasteiger partial charge on any atom is 0.205 e. The molecule has 0 aliphatic rings. The van der Waals surface area contributed by atoms with Gasteiger partial charge in [0.05, 0.1) is 12.9 Å². The van der Waals surface area contributed by atoms with Gasteiger partial charge in [-0.1, -0.05) is 41.6 Å². The summed E-state index contributed by atoms with van der Waals surface area (Å²) in [7, 11) is 0. The Labute approximate surface area is 165 Å². The molecule has 5 nitrogen and oxygen atoms in total. The molecule has 0 atom stereocenters. The molecule has 2 heterocycles. The molecule has 2 aromatic carbocycles. The monoisotopic (exact) mass is 397 g/mol. The van der Waals surface area contributed by atoms with Gasteiger partial charge in [-0.3, -0.25) is 4.57 Å². The zero-order valence-corrected chi connectivity index (χ0v) is 15.9. The highest BCUT2D eigenvalue weighted by Crippen LogP contribution is 2.28. The first-order chi connectivity index (χ1) is 13.3. The van der Waals surface area contributed by atoms with Crippen LogP contribution in [-0.4, -0.2) is 27.1 Å².